The summed E-state index contributed by atoms with van der Waals surface area (Å²) in [4.78, 5) is 23.5. The van der Waals surface area contributed by atoms with Gasteiger partial charge in [0.25, 0.3) is 0 Å². The van der Waals surface area contributed by atoms with Crippen LogP contribution in [-0.2, 0) is 14.3 Å². The van der Waals surface area contributed by atoms with Crippen LogP contribution in [0.1, 0.15) is 143 Å². The lowest BCUT2D eigenvalue weighted by Crippen LogP contribution is -2.23. The van der Waals surface area contributed by atoms with E-state index in [9.17, 15) is 9.59 Å². The number of carboxylic acid groups (broad SMARTS) is 1. The van der Waals surface area contributed by atoms with Crippen molar-refractivity contribution >= 4 is 11.9 Å². The van der Waals surface area contributed by atoms with Crippen LogP contribution in [-0.4, -0.2) is 23.7 Å². The van der Waals surface area contributed by atoms with Gasteiger partial charge in [0.1, 0.15) is 0 Å². The van der Waals surface area contributed by atoms with Crippen molar-refractivity contribution in [3.63, 3.8) is 0 Å². The zero-order valence-electron chi connectivity index (χ0n) is 21.8. The van der Waals surface area contributed by atoms with Crippen LogP contribution in [0.5, 0.6) is 0 Å². The Bertz CT molecular complexity index is 449. The highest BCUT2D eigenvalue weighted by molar-refractivity contribution is 5.72. The minimum Gasteiger partial charge on any atom is -0.481 e. The van der Waals surface area contributed by atoms with Gasteiger partial charge in [-0.2, -0.15) is 0 Å². The summed E-state index contributed by atoms with van der Waals surface area (Å²) in [5.41, 5.74) is 0. The number of carbonyl (C=O) groups excluding carboxylic acids is 1. The molecule has 3 atom stereocenters. The van der Waals surface area contributed by atoms with Crippen molar-refractivity contribution in [1.29, 1.82) is 0 Å². The molecule has 0 spiro atoms. The maximum Gasteiger partial charge on any atom is 0.308 e. The summed E-state index contributed by atoms with van der Waals surface area (Å²) in [5.74, 6) is 0.536. The molecule has 0 aromatic heterocycles. The lowest BCUT2D eigenvalue weighted by Gasteiger charge is -2.23. The monoisotopic (exact) mass is 454 g/mol. The molecule has 0 amide bonds. The van der Waals surface area contributed by atoms with Crippen molar-refractivity contribution in [3.8, 4) is 0 Å². The van der Waals surface area contributed by atoms with E-state index in [2.05, 4.69) is 27.7 Å². The molecule has 190 valence electrons. The Morgan fingerprint density at radius 2 is 1.22 bits per heavy atom. The third-order valence-corrected chi connectivity index (χ3v) is 6.94. The average molecular weight is 455 g/mol. The Hall–Kier alpha value is -1.06. The van der Waals surface area contributed by atoms with Gasteiger partial charge in [-0.3, -0.25) is 9.59 Å². The zero-order valence-corrected chi connectivity index (χ0v) is 21.8. The van der Waals surface area contributed by atoms with Crippen LogP contribution >= 0.6 is 0 Å². The highest BCUT2D eigenvalue weighted by Gasteiger charge is 2.24. The second kappa shape index (κ2) is 21.8. The third kappa shape index (κ3) is 17.5. The van der Waals surface area contributed by atoms with Crippen LogP contribution < -0.4 is 0 Å². The minimum absolute atomic E-state index is 0.0450. The molecule has 0 aliphatic rings. The largest absolute Gasteiger partial charge is 0.481 e. The molecule has 32 heavy (non-hydrogen) atoms. The molecule has 3 unspecified atom stereocenters. The number of unbranched alkanes of at least 4 members (excludes halogenated alkanes) is 8. The number of ether oxygens (including phenoxy) is 1. The van der Waals surface area contributed by atoms with Crippen LogP contribution in [0.4, 0.5) is 0 Å². The molecule has 0 fully saturated rings. The van der Waals surface area contributed by atoms with Gasteiger partial charge in [0.05, 0.1) is 12.5 Å². The standard InChI is InChI=1S/C28H54O4/c1-5-9-18-24(7-3)22-26(28(31)32-23-25(8-4)19-10-6-2)20-16-14-12-11-13-15-17-21-27(29)30/h24-26H,5-23H2,1-4H3,(H,29,30). The number of carbonyl (C=O) groups is 2. The van der Waals surface area contributed by atoms with Gasteiger partial charge in [-0.15, -0.1) is 0 Å². The van der Waals surface area contributed by atoms with Crippen molar-refractivity contribution in [2.24, 2.45) is 17.8 Å². The number of hydrogen-bond donors (Lipinski definition) is 1. The first kappa shape index (κ1) is 30.9. The Balaban J connectivity index is 4.46. The predicted octanol–water partition coefficient (Wildman–Crippen LogP) is 8.56. The van der Waals surface area contributed by atoms with E-state index < -0.39 is 5.97 Å². The van der Waals surface area contributed by atoms with Crippen LogP contribution in [0, 0.1) is 17.8 Å². The first-order valence-electron chi connectivity index (χ1n) is 13.9. The van der Waals surface area contributed by atoms with Crippen molar-refractivity contribution in [2.75, 3.05) is 6.61 Å². The summed E-state index contributed by atoms with van der Waals surface area (Å²) < 4.78 is 5.86. The number of aliphatic carboxylic acids is 1. The summed E-state index contributed by atoms with van der Waals surface area (Å²) in [6.45, 7) is 9.50. The molecule has 1 N–H and O–H groups in total. The van der Waals surface area contributed by atoms with E-state index in [-0.39, 0.29) is 18.3 Å². The number of esters is 1. The second-order valence-corrected chi connectivity index (χ2v) is 9.80. The molecule has 0 aromatic carbocycles. The first-order chi connectivity index (χ1) is 15.5. The normalized spacial score (nSPS) is 14.1. The molecule has 0 aliphatic carbocycles. The van der Waals surface area contributed by atoms with Crippen LogP contribution in [0.25, 0.3) is 0 Å². The van der Waals surface area contributed by atoms with Gasteiger partial charge in [-0.1, -0.05) is 111 Å². The summed E-state index contributed by atoms with van der Waals surface area (Å²) in [6, 6.07) is 0. The average Bonchev–Trinajstić information content (AvgIpc) is 2.79. The zero-order chi connectivity index (χ0) is 24.0. The Morgan fingerprint density at radius 3 is 1.75 bits per heavy atom. The number of rotatable bonds is 23. The van der Waals surface area contributed by atoms with E-state index in [1.54, 1.807) is 0 Å². The van der Waals surface area contributed by atoms with Crippen LogP contribution in [0.15, 0.2) is 0 Å². The van der Waals surface area contributed by atoms with Gasteiger partial charge in [0.2, 0.25) is 0 Å². The minimum atomic E-state index is -0.692. The number of hydrogen-bond acceptors (Lipinski definition) is 3. The number of carboxylic acids is 1. The molecule has 4 heteroatoms. The topological polar surface area (TPSA) is 63.6 Å². The van der Waals surface area contributed by atoms with Gasteiger partial charge in [-0.25, -0.2) is 0 Å². The lowest BCUT2D eigenvalue weighted by molar-refractivity contribution is -0.151. The molecule has 0 aliphatic heterocycles. The molecule has 0 heterocycles. The maximum atomic E-state index is 13.0. The Labute approximate surface area is 199 Å². The highest BCUT2D eigenvalue weighted by atomic mass is 16.5. The van der Waals surface area contributed by atoms with Gasteiger partial charge in [0.15, 0.2) is 0 Å². The van der Waals surface area contributed by atoms with Crippen LogP contribution in [0.3, 0.4) is 0 Å². The van der Waals surface area contributed by atoms with Gasteiger partial charge < -0.3 is 9.84 Å². The molecule has 0 rings (SSSR count). The van der Waals surface area contributed by atoms with Gasteiger partial charge in [-0.05, 0) is 37.5 Å². The van der Waals surface area contributed by atoms with Crippen molar-refractivity contribution in [2.45, 2.75) is 143 Å². The lowest BCUT2D eigenvalue weighted by atomic mass is 9.86. The first-order valence-corrected chi connectivity index (χ1v) is 13.9. The molecule has 0 saturated heterocycles. The van der Waals surface area contributed by atoms with E-state index in [0.717, 1.165) is 64.2 Å². The molecular weight excluding hydrogens is 400 g/mol. The highest BCUT2D eigenvalue weighted by Crippen LogP contribution is 2.27. The van der Waals surface area contributed by atoms with Gasteiger partial charge in [0, 0.05) is 6.42 Å². The predicted molar refractivity (Wildman–Crippen MR) is 135 cm³/mol. The fraction of sp³-hybridized carbons (Fsp3) is 0.929. The molecule has 0 radical (unpaired) electrons. The van der Waals surface area contributed by atoms with E-state index in [4.69, 9.17) is 9.84 Å². The summed E-state index contributed by atoms with van der Waals surface area (Å²) in [6.07, 6.45) is 19.2. The third-order valence-electron chi connectivity index (χ3n) is 6.94. The van der Waals surface area contributed by atoms with Gasteiger partial charge >= 0.3 is 11.9 Å². The SMILES string of the molecule is CCCCC(CC)COC(=O)C(CCCCCCCCCC(=O)O)CC(CC)CCCC. The summed E-state index contributed by atoms with van der Waals surface area (Å²) in [5, 5.41) is 8.69. The van der Waals surface area contributed by atoms with E-state index in [1.165, 1.54) is 44.9 Å². The van der Waals surface area contributed by atoms with Crippen molar-refractivity contribution < 1.29 is 19.4 Å². The van der Waals surface area contributed by atoms with Crippen LogP contribution in [0.2, 0.25) is 0 Å². The fourth-order valence-corrected chi connectivity index (χ4v) is 4.48. The summed E-state index contributed by atoms with van der Waals surface area (Å²) in [7, 11) is 0. The fourth-order valence-electron chi connectivity index (χ4n) is 4.48. The molecule has 0 bridgehead atoms. The molecule has 0 aromatic rings. The Kier molecular flexibility index (Phi) is 21.0. The van der Waals surface area contributed by atoms with E-state index in [0.29, 0.717) is 18.4 Å². The second-order valence-electron chi connectivity index (χ2n) is 9.80. The van der Waals surface area contributed by atoms with E-state index in [1.807, 2.05) is 0 Å². The molecule has 0 saturated carbocycles. The summed E-state index contributed by atoms with van der Waals surface area (Å²) >= 11 is 0. The molecular formula is C28H54O4. The van der Waals surface area contributed by atoms with Crippen molar-refractivity contribution in [1.82, 2.24) is 0 Å². The molecule has 4 nitrogen and oxygen atoms in total. The van der Waals surface area contributed by atoms with E-state index >= 15 is 0 Å². The van der Waals surface area contributed by atoms with Crippen molar-refractivity contribution in [3.05, 3.63) is 0 Å². The maximum absolute atomic E-state index is 13.0. The smallest absolute Gasteiger partial charge is 0.308 e. The Morgan fingerprint density at radius 1 is 0.688 bits per heavy atom. The quantitative estimate of drug-likeness (QED) is 0.124.